The van der Waals surface area contributed by atoms with Gasteiger partial charge in [0.1, 0.15) is 5.75 Å². The van der Waals surface area contributed by atoms with Crippen LogP contribution in [0.4, 0.5) is 29.3 Å². The summed E-state index contributed by atoms with van der Waals surface area (Å²) in [5, 5.41) is 15.8. The van der Waals surface area contributed by atoms with Gasteiger partial charge in [0, 0.05) is 23.9 Å². The van der Waals surface area contributed by atoms with E-state index in [1.165, 1.54) is 36.4 Å². The summed E-state index contributed by atoms with van der Waals surface area (Å²) in [6.07, 6.45) is -4.43. The zero-order valence-corrected chi connectivity index (χ0v) is 14.2. The number of urea groups is 1. The number of nitro benzene ring substituents is 1. The molecule has 0 fully saturated rings. The molecule has 0 spiro atoms. The van der Waals surface area contributed by atoms with Gasteiger partial charge in [0.15, 0.2) is 6.61 Å². The summed E-state index contributed by atoms with van der Waals surface area (Å²) in [6.45, 7) is 0.207. The molecule has 27 heavy (non-hydrogen) atoms. The van der Waals surface area contributed by atoms with Crippen molar-refractivity contribution in [3.63, 3.8) is 0 Å². The van der Waals surface area contributed by atoms with E-state index in [2.05, 4.69) is 15.4 Å². The number of hydrogen-bond donors (Lipinski definition) is 2. The number of ether oxygens (including phenoxy) is 1. The molecule has 0 saturated carbocycles. The van der Waals surface area contributed by atoms with Gasteiger partial charge in [0.25, 0.3) is 5.69 Å². The molecular formula is C17H16F3N3O4. The molecule has 0 aliphatic heterocycles. The number of carbonyl (C=O) groups excluding carboxylic acids is 1. The van der Waals surface area contributed by atoms with E-state index < -0.39 is 23.7 Å². The Hall–Kier alpha value is -3.30. The van der Waals surface area contributed by atoms with Gasteiger partial charge >= 0.3 is 12.2 Å². The third kappa shape index (κ3) is 6.49. The Labute approximate surface area is 152 Å². The molecular weight excluding hydrogens is 367 g/mol. The summed E-state index contributed by atoms with van der Waals surface area (Å²) in [7, 11) is 0. The summed E-state index contributed by atoms with van der Waals surface area (Å²) in [5.41, 5.74) is 1.26. The van der Waals surface area contributed by atoms with E-state index >= 15 is 0 Å². The van der Waals surface area contributed by atoms with Gasteiger partial charge in [0.05, 0.1) is 4.92 Å². The van der Waals surface area contributed by atoms with E-state index in [-0.39, 0.29) is 18.0 Å². The summed E-state index contributed by atoms with van der Waals surface area (Å²) in [6, 6.07) is 9.49. The highest BCUT2D eigenvalue weighted by molar-refractivity contribution is 5.89. The smallest absolute Gasteiger partial charge is 0.422 e. The second-order valence-electron chi connectivity index (χ2n) is 5.62. The van der Waals surface area contributed by atoms with Crippen LogP contribution in [-0.4, -0.2) is 23.7 Å². The predicted octanol–water partition coefficient (Wildman–Crippen LogP) is 4.17. The van der Waals surface area contributed by atoms with Crippen LogP contribution in [0.3, 0.4) is 0 Å². The van der Waals surface area contributed by atoms with E-state index in [0.29, 0.717) is 16.8 Å². The van der Waals surface area contributed by atoms with E-state index in [9.17, 15) is 28.1 Å². The Kier molecular flexibility index (Phi) is 6.22. The van der Waals surface area contributed by atoms with Gasteiger partial charge in [-0.2, -0.15) is 13.2 Å². The van der Waals surface area contributed by atoms with Crippen molar-refractivity contribution in [1.82, 2.24) is 5.32 Å². The fraction of sp³-hybridized carbons (Fsp3) is 0.235. The Bertz CT molecular complexity index is 840. The molecule has 2 rings (SSSR count). The van der Waals surface area contributed by atoms with E-state index in [1.807, 2.05) is 0 Å². The largest absolute Gasteiger partial charge is 0.484 e. The van der Waals surface area contributed by atoms with Gasteiger partial charge in [-0.3, -0.25) is 10.1 Å². The van der Waals surface area contributed by atoms with Gasteiger partial charge in [-0.05, 0) is 36.8 Å². The second kappa shape index (κ2) is 8.39. The lowest BCUT2D eigenvalue weighted by Crippen LogP contribution is -2.28. The van der Waals surface area contributed by atoms with Crippen LogP contribution in [0.1, 0.15) is 11.1 Å². The molecule has 7 nitrogen and oxygen atoms in total. The number of amides is 2. The maximum absolute atomic E-state index is 12.2. The summed E-state index contributed by atoms with van der Waals surface area (Å²) in [4.78, 5) is 22.2. The summed E-state index contributed by atoms with van der Waals surface area (Å²) < 4.78 is 41.2. The van der Waals surface area contributed by atoms with Crippen LogP contribution in [0.5, 0.6) is 5.75 Å². The van der Waals surface area contributed by atoms with Gasteiger partial charge in [-0.15, -0.1) is 0 Å². The number of aryl methyl sites for hydroxylation is 1. The molecule has 2 amide bonds. The standard InChI is InChI=1S/C17H16F3N3O4/c1-11-7-13(5-6-15(11)23(25)26)22-16(24)21-9-12-3-2-4-14(8-12)27-10-17(18,19)20/h2-8H,9-10H2,1H3,(H2,21,22,24). The summed E-state index contributed by atoms with van der Waals surface area (Å²) in [5.74, 6) is 0.0398. The van der Waals surface area contributed by atoms with Crippen LogP contribution in [-0.2, 0) is 6.54 Å². The molecule has 144 valence electrons. The minimum Gasteiger partial charge on any atom is -0.484 e. The SMILES string of the molecule is Cc1cc(NC(=O)NCc2cccc(OCC(F)(F)F)c2)ccc1[N+](=O)[O-]. The number of benzene rings is 2. The zero-order chi connectivity index (χ0) is 20.0. The number of anilines is 1. The van der Waals surface area contributed by atoms with Crippen molar-refractivity contribution < 1.29 is 27.6 Å². The fourth-order valence-electron chi connectivity index (χ4n) is 2.21. The normalized spacial score (nSPS) is 11.0. The van der Waals surface area contributed by atoms with Crippen LogP contribution in [0.15, 0.2) is 42.5 Å². The van der Waals surface area contributed by atoms with Crippen LogP contribution in [0, 0.1) is 17.0 Å². The van der Waals surface area contributed by atoms with Gasteiger partial charge < -0.3 is 15.4 Å². The van der Waals surface area contributed by atoms with Gasteiger partial charge in [-0.25, -0.2) is 4.79 Å². The van der Waals surface area contributed by atoms with Crippen molar-refractivity contribution in [3.8, 4) is 5.75 Å². The molecule has 0 heterocycles. The van der Waals surface area contributed by atoms with Crippen molar-refractivity contribution in [3.05, 3.63) is 63.7 Å². The van der Waals surface area contributed by atoms with E-state index in [1.54, 1.807) is 13.0 Å². The average molecular weight is 383 g/mol. The zero-order valence-electron chi connectivity index (χ0n) is 14.2. The number of alkyl halides is 3. The van der Waals surface area contributed by atoms with Crippen LogP contribution < -0.4 is 15.4 Å². The molecule has 10 heteroatoms. The topological polar surface area (TPSA) is 93.5 Å². The first kappa shape index (κ1) is 20.0. The predicted molar refractivity (Wildman–Crippen MR) is 91.7 cm³/mol. The molecule has 0 radical (unpaired) electrons. The van der Waals surface area contributed by atoms with Gasteiger partial charge in [0.2, 0.25) is 0 Å². The molecule has 0 aliphatic carbocycles. The fourth-order valence-corrected chi connectivity index (χ4v) is 2.21. The highest BCUT2D eigenvalue weighted by atomic mass is 19.4. The first-order valence-corrected chi connectivity index (χ1v) is 7.72. The van der Waals surface area contributed by atoms with E-state index in [0.717, 1.165) is 0 Å². The van der Waals surface area contributed by atoms with E-state index in [4.69, 9.17) is 0 Å². The minimum absolute atomic E-state index is 0.0398. The van der Waals surface area contributed by atoms with Crippen molar-refractivity contribution in [2.24, 2.45) is 0 Å². The molecule has 0 bridgehead atoms. The second-order valence-corrected chi connectivity index (χ2v) is 5.62. The van der Waals surface area contributed by atoms with Gasteiger partial charge in [-0.1, -0.05) is 12.1 Å². The molecule has 0 unspecified atom stereocenters. The first-order valence-electron chi connectivity index (χ1n) is 7.72. The Morgan fingerprint density at radius 1 is 1.22 bits per heavy atom. The monoisotopic (exact) mass is 383 g/mol. The molecule has 0 aromatic heterocycles. The molecule has 2 aromatic carbocycles. The van der Waals surface area contributed by atoms with Crippen molar-refractivity contribution in [1.29, 1.82) is 0 Å². The van der Waals surface area contributed by atoms with Crippen molar-refractivity contribution >= 4 is 17.4 Å². The first-order chi connectivity index (χ1) is 12.6. The highest BCUT2D eigenvalue weighted by Gasteiger charge is 2.28. The number of rotatable bonds is 6. The van der Waals surface area contributed by atoms with Crippen molar-refractivity contribution in [2.75, 3.05) is 11.9 Å². The molecule has 0 aliphatic rings. The molecule has 0 saturated heterocycles. The third-order valence-corrected chi connectivity index (χ3v) is 3.41. The Morgan fingerprint density at radius 3 is 2.59 bits per heavy atom. The maximum Gasteiger partial charge on any atom is 0.422 e. The molecule has 2 aromatic rings. The molecule has 0 atom stereocenters. The lowest BCUT2D eigenvalue weighted by atomic mass is 10.2. The molecule has 2 N–H and O–H groups in total. The number of nitrogens with zero attached hydrogens (tertiary/aromatic N) is 1. The van der Waals surface area contributed by atoms with Crippen LogP contribution >= 0.6 is 0 Å². The minimum atomic E-state index is -4.43. The Balaban J connectivity index is 1.90. The average Bonchev–Trinajstić information content (AvgIpc) is 2.58. The quantitative estimate of drug-likeness (QED) is 0.578. The lowest BCUT2D eigenvalue weighted by molar-refractivity contribution is -0.385. The lowest BCUT2D eigenvalue weighted by Gasteiger charge is -2.11. The number of hydrogen-bond acceptors (Lipinski definition) is 4. The Morgan fingerprint density at radius 2 is 1.96 bits per heavy atom. The highest BCUT2D eigenvalue weighted by Crippen LogP contribution is 2.22. The maximum atomic E-state index is 12.2. The summed E-state index contributed by atoms with van der Waals surface area (Å²) >= 11 is 0. The number of nitrogens with one attached hydrogen (secondary N) is 2. The van der Waals surface area contributed by atoms with Crippen LogP contribution in [0.25, 0.3) is 0 Å². The number of nitro groups is 1. The number of halogens is 3. The number of carbonyl (C=O) groups is 1. The third-order valence-electron chi connectivity index (χ3n) is 3.41. The van der Waals surface area contributed by atoms with Crippen LogP contribution in [0.2, 0.25) is 0 Å². The van der Waals surface area contributed by atoms with Crippen molar-refractivity contribution in [2.45, 2.75) is 19.6 Å².